The predicted octanol–water partition coefficient (Wildman–Crippen LogP) is 3.81. The van der Waals surface area contributed by atoms with E-state index in [4.69, 9.17) is 4.74 Å². The molecule has 0 atom stereocenters. The molecule has 128 valence electrons. The first-order valence-corrected chi connectivity index (χ1v) is 8.90. The number of aromatic nitrogens is 1. The molecule has 1 aromatic heterocycles. The summed E-state index contributed by atoms with van der Waals surface area (Å²) < 4.78 is 19.0. The van der Waals surface area contributed by atoms with E-state index in [0.717, 1.165) is 12.0 Å². The molecule has 0 aliphatic heterocycles. The number of amides is 1. The van der Waals surface area contributed by atoms with Crippen molar-refractivity contribution in [3.05, 3.63) is 54.0 Å². The number of halogens is 1. The number of hydrogen-bond acceptors (Lipinski definition) is 4. The van der Waals surface area contributed by atoms with Gasteiger partial charge in [-0.1, -0.05) is 25.1 Å². The molecule has 0 fully saturated rings. The van der Waals surface area contributed by atoms with E-state index in [0.29, 0.717) is 36.1 Å². The number of carbonyl (C=O) groups is 1. The highest BCUT2D eigenvalue weighted by atomic mass is 32.2. The molecule has 1 aromatic carbocycles. The number of ether oxygens (including phenoxy) is 1. The first-order chi connectivity index (χ1) is 11.7. The number of hydrogen-bond donors (Lipinski definition) is 1. The molecule has 1 heterocycles. The molecular weight excluding hydrogens is 327 g/mol. The van der Waals surface area contributed by atoms with Gasteiger partial charge in [0.25, 0.3) is 0 Å². The topological polar surface area (TPSA) is 51.2 Å². The lowest BCUT2D eigenvalue weighted by Crippen LogP contribution is -2.23. The van der Waals surface area contributed by atoms with Gasteiger partial charge in [0.1, 0.15) is 5.82 Å². The predicted molar refractivity (Wildman–Crippen MR) is 93.6 cm³/mol. The Balaban J connectivity index is 1.76. The van der Waals surface area contributed by atoms with Crippen LogP contribution >= 0.6 is 11.8 Å². The molecule has 2 aromatic rings. The Morgan fingerprint density at radius 1 is 1.29 bits per heavy atom. The van der Waals surface area contributed by atoms with E-state index < -0.39 is 0 Å². The van der Waals surface area contributed by atoms with Gasteiger partial charge >= 0.3 is 0 Å². The Hall–Kier alpha value is -2.08. The van der Waals surface area contributed by atoms with Crippen molar-refractivity contribution >= 4 is 17.7 Å². The van der Waals surface area contributed by atoms with Crippen molar-refractivity contribution in [3.63, 3.8) is 0 Å². The number of pyridine rings is 1. The summed E-state index contributed by atoms with van der Waals surface area (Å²) in [5, 5.41) is 2.85. The number of thioether (sulfide) groups is 1. The van der Waals surface area contributed by atoms with Gasteiger partial charge in [0, 0.05) is 35.4 Å². The molecular formula is C18H21FN2O2S. The monoisotopic (exact) mass is 348 g/mol. The summed E-state index contributed by atoms with van der Waals surface area (Å²) in [6, 6.07) is 10.3. The maximum atomic E-state index is 13.5. The van der Waals surface area contributed by atoms with Crippen LogP contribution in [0.5, 0.6) is 5.88 Å². The molecule has 0 spiro atoms. The lowest BCUT2D eigenvalue weighted by molar-refractivity contribution is -0.120. The van der Waals surface area contributed by atoms with Crippen molar-refractivity contribution in [2.24, 2.45) is 0 Å². The minimum atomic E-state index is -0.254. The van der Waals surface area contributed by atoms with Gasteiger partial charge in [0.2, 0.25) is 11.8 Å². The fraction of sp³-hybridized carbons (Fsp3) is 0.333. The third kappa shape index (κ3) is 5.85. The zero-order chi connectivity index (χ0) is 17.2. The minimum absolute atomic E-state index is 0.0795. The summed E-state index contributed by atoms with van der Waals surface area (Å²) in [7, 11) is 0. The maximum absolute atomic E-state index is 13.5. The third-order valence-corrected chi connectivity index (χ3v) is 4.24. The normalized spacial score (nSPS) is 10.4. The van der Waals surface area contributed by atoms with E-state index in [1.807, 2.05) is 19.1 Å². The molecule has 24 heavy (non-hydrogen) atoms. The molecule has 0 bridgehead atoms. The molecule has 1 N–H and O–H groups in total. The molecule has 0 saturated heterocycles. The Kier molecular flexibility index (Phi) is 7.55. The van der Waals surface area contributed by atoms with Crippen LogP contribution in [-0.2, 0) is 11.3 Å². The quantitative estimate of drug-likeness (QED) is 0.700. The largest absolute Gasteiger partial charge is 0.477 e. The van der Waals surface area contributed by atoms with Crippen molar-refractivity contribution < 1.29 is 13.9 Å². The number of benzene rings is 1. The summed E-state index contributed by atoms with van der Waals surface area (Å²) in [5.74, 6) is 0.749. The van der Waals surface area contributed by atoms with Crippen molar-refractivity contribution in [1.82, 2.24) is 10.3 Å². The first-order valence-electron chi connectivity index (χ1n) is 7.91. The number of nitrogens with one attached hydrogen (secondary N) is 1. The van der Waals surface area contributed by atoms with Crippen LogP contribution in [0.15, 0.2) is 47.5 Å². The SMILES string of the molecule is CCCOc1ncccc1CNC(=O)CCSc1ccccc1F. The smallest absolute Gasteiger partial charge is 0.221 e. The van der Waals surface area contributed by atoms with Crippen LogP contribution in [0, 0.1) is 5.82 Å². The van der Waals surface area contributed by atoms with Crippen LogP contribution in [0.2, 0.25) is 0 Å². The maximum Gasteiger partial charge on any atom is 0.221 e. The van der Waals surface area contributed by atoms with Crippen LogP contribution in [0.3, 0.4) is 0 Å². The molecule has 0 aliphatic carbocycles. The lowest BCUT2D eigenvalue weighted by atomic mass is 10.2. The van der Waals surface area contributed by atoms with Gasteiger partial charge < -0.3 is 10.1 Å². The second-order valence-corrected chi connectivity index (χ2v) is 6.26. The highest BCUT2D eigenvalue weighted by Gasteiger charge is 2.08. The average molecular weight is 348 g/mol. The van der Waals surface area contributed by atoms with E-state index in [-0.39, 0.29) is 11.7 Å². The first kappa shape index (κ1) is 18.3. The molecule has 0 radical (unpaired) electrons. The molecule has 1 amide bonds. The van der Waals surface area contributed by atoms with Gasteiger partial charge in [0.05, 0.1) is 6.61 Å². The number of carbonyl (C=O) groups excluding carboxylic acids is 1. The summed E-state index contributed by atoms with van der Waals surface area (Å²) in [4.78, 5) is 16.7. The van der Waals surface area contributed by atoms with E-state index in [2.05, 4.69) is 10.3 Å². The summed E-state index contributed by atoms with van der Waals surface area (Å²) >= 11 is 1.34. The van der Waals surface area contributed by atoms with Crippen LogP contribution in [0.25, 0.3) is 0 Å². The van der Waals surface area contributed by atoms with E-state index >= 15 is 0 Å². The van der Waals surface area contributed by atoms with Crippen LogP contribution in [-0.4, -0.2) is 23.3 Å². The fourth-order valence-electron chi connectivity index (χ4n) is 1.99. The molecule has 0 unspecified atom stereocenters. The van der Waals surface area contributed by atoms with E-state index in [1.54, 1.807) is 24.4 Å². The van der Waals surface area contributed by atoms with E-state index in [1.165, 1.54) is 17.8 Å². The molecule has 0 aliphatic rings. The van der Waals surface area contributed by atoms with Crippen molar-refractivity contribution in [1.29, 1.82) is 0 Å². The highest BCUT2D eigenvalue weighted by Crippen LogP contribution is 2.21. The lowest BCUT2D eigenvalue weighted by Gasteiger charge is -2.10. The Labute approximate surface area is 145 Å². The van der Waals surface area contributed by atoms with Gasteiger partial charge in [-0.25, -0.2) is 9.37 Å². The van der Waals surface area contributed by atoms with Gasteiger partial charge in [-0.15, -0.1) is 11.8 Å². The van der Waals surface area contributed by atoms with Crippen LogP contribution < -0.4 is 10.1 Å². The van der Waals surface area contributed by atoms with Crippen LogP contribution in [0.4, 0.5) is 4.39 Å². The molecule has 4 nitrogen and oxygen atoms in total. The van der Waals surface area contributed by atoms with Gasteiger partial charge in [0.15, 0.2) is 0 Å². The van der Waals surface area contributed by atoms with E-state index in [9.17, 15) is 9.18 Å². The Morgan fingerprint density at radius 3 is 2.92 bits per heavy atom. The number of rotatable bonds is 9. The summed E-state index contributed by atoms with van der Waals surface area (Å²) in [6.45, 7) is 2.99. The molecule has 0 saturated carbocycles. The Bertz CT molecular complexity index is 667. The average Bonchev–Trinajstić information content (AvgIpc) is 2.60. The van der Waals surface area contributed by atoms with Gasteiger partial charge in [-0.3, -0.25) is 4.79 Å². The second-order valence-electron chi connectivity index (χ2n) is 5.12. The van der Waals surface area contributed by atoms with Gasteiger partial charge in [-0.2, -0.15) is 0 Å². The molecule has 2 rings (SSSR count). The molecule has 6 heteroatoms. The Morgan fingerprint density at radius 2 is 2.12 bits per heavy atom. The van der Waals surface area contributed by atoms with Crippen LogP contribution in [0.1, 0.15) is 25.3 Å². The van der Waals surface area contributed by atoms with Crippen molar-refractivity contribution in [2.45, 2.75) is 31.2 Å². The minimum Gasteiger partial charge on any atom is -0.477 e. The number of nitrogens with zero attached hydrogens (tertiary/aromatic N) is 1. The zero-order valence-corrected chi connectivity index (χ0v) is 14.4. The zero-order valence-electron chi connectivity index (χ0n) is 13.6. The van der Waals surface area contributed by atoms with Crippen molar-refractivity contribution in [2.75, 3.05) is 12.4 Å². The highest BCUT2D eigenvalue weighted by molar-refractivity contribution is 7.99. The standard InChI is InChI=1S/C18H21FN2O2S/c1-2-11-23-18-14(6-5-10-20-18)13-21-17(22)9-12-24-16-8-4-3-7-15(16)19/h3-8,10H,2,9,11-13H2,1H3,(H,21,22). The third-order valence-electron chi connectivity index (χ3n) is 3.19. The van der Waals surface area contributed by atoms with Gasteiger partial charge in [-0.05, 0) is 24.6 Å². The second kappa shape index (κ2) is 9.93. The van der Waals surface area contributed by atoms with Crippen molar-refractivity contribution in [3.8, 4) is 5.88 Å². The fourth-order valence-corrected chi connectivity index (χ4v) is 2.87. The summed E-state index contributed by atoms with van der Waals surface area (Å²) in [6.07, 6.45) is 2.89. The summed E-state index contributed by atoms with van der Waals surface area (Å²) in [5.41, 5.74) is 0.848.